The second-order valence-corrected chi connectivity index (χ2v) is 9.87. The molecule has 0 radical (unpaired) electrons. The smallest absolute Gasteiger partial charge is 0.115 e. The van der Waals surface area contributed by atoms with Gasteiger partial charge in [-0.05, 0) is 49.2 Å². The van der Waals surface area contributed by atoms with Crippen molar-refractivity contribution in [3.8, 4) is 29.9 Å². The van der Waals surface area contributed by atoms with E-state index in [0.29, 0.717) is 0 Å². The van der Waals surface area contributed by atoms with E-state index in [1.807, 2.05) is 35.1 Å². The highest BCUT2D eigenvalue weighted by Gasteiger charge is 2.10. The van der Waals surface area contributed by atoms with Crippen LogP contribution in [-0.2, 0) is 6.42 Å². The van der Waals surface area contributed by atoms with E-state index in [4.69, 9.17) is 0 Å². The van der Waals surface area contributed by atoms with Gasteiger partial charge in [0.1, 0.15) is 6.33 Å². The molecule has 0 saturated carbocycles. The third kappa shape index (κ3) is 4.54. The lowest BCUT2D eigenvalue weighted by Gasteiger charge is -1.96. The monoisotopic (exact) mass is 410 g/mol. The van der Waals surface area contributed by atoms with E-state index in [0.717, 1.165) is 5.56 Å². The topological polar surface area (TPSA) is 25.8 Å². The zero-order chi connectivity index (χ0) is 18.5. The number of aromatic nitrogens is 2. The molecule has 0 saturated heterocycles. The van der Waals surface area contributed by atoms with E-state index in [9.17, 15) is 0 Å². The maximum Gasteiger partial charge on any atom is 0.115 e. The summed E-state index contributed by atoms with van der Waals surface area (Å²) < 4.78 is 0. The number of aryl methyl sites for hydroxylation is 1. The average Bonchev–Trinajstić information content (AvgIpc) is 3.46. The van der Waals surface area contributed by atoms with Crippen LogP contribution < -0.4 is 0 Å². The summed E-state index contributed by atoms with van der Waals surface area (Å²) in [6, 6.07) is 13.5. The third-order valence-corrected chi connectivity index (χ3v) is 8.24. The first-order valence-electron chi connectivity index (χ1n) is 9.38. The summed E-state index contributed by atoms with van der Waals surface area (Å²) >= 11 is 5.64. The Balaban J connectivity index is 1.46. The lowest BCUT2D eigenvalue weighted by molar-refractivity contribution is 0.670. The van der Waals surface area contributed by atoms with Crippen LogP contribution in [0.1, 0.15) is 37.5 Å². The van der Waals surface area contributed by atoms with Crippen LogP contribution in [0.3, 0.4) is 0 Å². The Bertz CT molecular complexity index is 982. The van der Waals surface area contributed by atoms with E-state index in [1.54, 1.807) is 17.7 Å². The van der Waals surface area contributed by atoms with Crippen molar-refractivity contribution in [2.75, 3.05) is 0 Å². The second kappa shape index (κ2) is 8.91. The average molecular weight is 411 g/mol. The standard InChI is InChI=1S/C22H22N2S3/c1-2-3-4-5-6-17-7-8-19(25-17)20-11-12-22(27-20)21-10-9-18(26-21)16-13-23-15-24-14-16/h7-15H,2-6H2,1H3. The number of nitrogens with zero attached hydrogens (tertiary/aromatic N) is 2. The van der Waals surface area contributed by atoms with E-state index >= 15 is 0 Å². The molecule has 4 heterocycles. The summed E-state index contributed by atoms with van der Waals surface area (Å²) in [4.78, 5) is 16.4. The molecule has 0 amide bonds. The number of thiophene rings is 3. The van der Waals surface area contributed by atoms with Gasteiger partial charge in [-0.2, -0.15) is 0 Å². The summed E-state index contributed by atoms with van der Waals surface area (Å²) in [6.45, 7) is 2.27. The normalized spacial score (nSPS) is 11.1. The fraction of sp³-hybridized carbons (Fsp3) is 0.273. The molecule has 0 aliphatic rings. The van der Waals surface area contributed by atoms with Crippen LogP contribution in [-0.4, -0.2) is 9.97 Å². The van der Waals surface area contributed by atoms with Crippen LogP contribution in [0.2, 0.25) is 0 Å². The quantitative estimate of drug-likeness (QED) is 0.277. The molecule has 0 aliphatic heterocycles. The van der Waals surface area contributed by atoms with Gasteiger partial charge in [-0.25, -0.2) is 9.97 Å². The molecule has 0 aliphatic carbocycles. The minimum Gasteiger partial charge on any atom is -0.244 e. The summed E-state index contributed by atoms with van der Waals surface area (Å²) in [7, 11) is 0. The number of unbranched alkanes of at least 4 members (excludes halogenated alkanes) is 3. The van der Waals surface area contributed by atoms with E-state index < -0.39 is 0 Å². The van der Waals surface area contributed by atoms with Gasteiger partial charge in [0.15, 0.2) is 0 Å². The van der Waals surface area contributed by atoms with Crippen molar-refractivity contribution < 1.29 is 0 Å². The van der Waals surface area contributed by atoms with Crippen LogP contribution in [0.5, 0.6) is 0 Å². The van der Waals surface area contributed by atoms with Crippen molar-refractivity contribution in [1.29, 1.82) is 0 Å². The first-order chi connectivity index (χ1) is 13.3. The van der Waals surface area contributed by atoms with E-state index in [2.05, 4.69) is 53.3 Å². The first kappa shape index (κ1) is 18.5. The Kier molecular flexibility index (Phi) is 6.12. The van der Waals surface area contributed by atoms with Crippen LogP contribution in [0.15, 0.2) is 55.1 Å². The molecule has 0 N–H and O–H groups in total. The molecule has 4 aromatic rings. The van der Waals surface area contributed by atoms with E-state index in [-0.39, 0.29) is 0 Å². The molecule has 27 heavy (non-hydrogen) atoms. The van der Waals surface area contributed by atoms with Gasteiger partial charge >= 0.3 is 0 Å². The number of rotatable bonds is 8. The molecular formula is C22H22N2S3. The van der Waals surface area contributed by atoms with Gasteiger partial charge < -0.3 is 0 Å². The molecule has 2 nitrogen and oxygen atoms in total. The Morgan fingerprint density at radius 1 is 0.667 bits per heavy atom. The number of hydrogen-bond acceptors (Lipinski definition) is 5. The highest BCUT2D eigenvalue weighted by molar-refractivity contribution is 7.27. The van der Waals surface area contributed by atoms with Gasteiger partial charge in [0, 0.05) is 47.2 Å². The zero-order valence-corrected chi connectivity index (χ0v) is 17.8. The highest BCUT2D eigenvalue weighted by Crippen LogP contribution is 2.41. The summed E-state index contributed by atoms with van der Waals surface area (Å²) in [5.41, 5.74) is 1.08. The fourth-order valence-corrected chi connectivity index (χ4v) is 6.24. The Morgan fingerprint density at radius 2 is 1.26 bits per heavy atom. The predicted octanol–water partition coefficient (Wildman–Crippen LogP) is 7.78. The van der Waals surface area contributed by atoms with Crippen molar-refractivity contribution >= 4 is 34.0 Å². The minimum atomic E-state index is 1.08. The van der Waals surface area contributed by atoms with Crippen LogP contribution in [0.4, 0.5) is 0 Å². The summed E-state index contributed by atoms with van der Waals surface area (Å²) in [5, 5.41) is 0. The lowest BCUT2D eigenvalue weighted by Crippen LogP contribution is -1.80. The molecule has 0 spiro atoms. The minimum absolute atomic E-state index is 1.08. The fourth-order valence-electron chi connectivity index (χ4n) is 3.03. The van der Waals surface area contributed by atoms with Crippen molar-refractivity contribution in [3.05, 3.63) is 60.0 Å². The largest absolute Gasteiger partial charge is 0.244 e. The van der Waals surface area contributed by atoms with E-state index in [1.165, 1.54) is 61.4 Å². The molecule has 0 fully saturated rings. The Labute approximate surface area is 172 Å². The van der Waals surface area contributed by atoms with Crippen molar-refractivity contribution in [2.45, 2.75) is 39.0 Å². The van der Waals surface area contributed by atoms with Gasteiger partial charge in [-0.15, -0.1) is 34.0 Å². The van der Waals surface area contributed by atoms with Crippen LogP contribution in [0.25, 0.3) is 29.9 Å². The molecule has 138 valence electrons. The van der Waals surface area contributed by atoms with Gasteiger partial charge in [-0.1, -0.05) is 26.2 Å². The number of hydrogen-bond donors (Lipinski definition) is 0. The van der Waals surface area contributed by atoms with Crippen molar-refractivity contribution in [1.82, 2.24) is 9.97 Å². The van der Waals surface area contributed by atoms with Crippen LogP contribution in [0, 0.1) is 0 Å². The first-order valence-corrected chi connectivity index (χ1v) is 11.8. The van der Waals surface area contributed by atoms with Crippen molar-refractivity contribution in [2.24, 2.45) is 0 Å². The third-order valence-electron chi connectivity index (χ3n) is 4.48. The molecule has 5 heteroatoms. The molecule has 0 unspecified atom stereocenters. The summed E-state index contributed by atoms with van der Waals surface area (Å²) in [5.74, 6) is 0. The zero-order valence-electron chi connectivity index (χ0n) is 15.4. The van der Waals surface area contributed by atoms with Gasteiger partial charge in [0.25, 0.3) is 0 Å². The second-order valence-electron chi connectivity index (χ2n) is 6.53. The van der Waals surface area contributed by atoms with Gasteiger partial charge in [0.05, 0.1) is 0 Å². The molecule has 4 aromatic heterocycles. The van der Waals surface area contributed by atoms with Gasteiger partial charge in [0.2, 0.25) is 0 Å². The molecule has 0 bridgehead atoms. The molecule has 4 rings (SSSR count). The molecule has 0 aromatic carbocycles. The molecule has 0 atom stereocenters. The highest BCUT2D eigenvalue weighted by atomic mass is 32.1. The van der Waals surface area contributed by atoms with Crippen molar-refractivity contribution in [3.63, 3.8) is 0 Å². The SMILES string of the molecule is CCCCCCc1ccc(-c2ccc(-c3ccc(-c4cncnc4)s3)s2)s1. The maximum absolute atomic E-state index is 4.12. The predicted molar refractivity (Wildman–Crippen MR) is 120 cm³/mol. The Morgan fingerprint density at radius 3 is 1.96 bits per heavy atom. The summed E-state index contributed by atoms with van der Waals surface area (Å²) in [6.07, 6.45) is 11.8. The maximum atomic E-state index is 4.12. The molecular weight excluding hydrogens is 388 g/mol. The van der Waals surface area contributed by atoms with Crippen LogP contribution >= 0.6 is 34.0 Å². The van der Waals surface area contributed by atoms with Gasteiger partial charge in [-0.3, -0.25) is 0 Å². The Hall–Kier alpha value is -1.82. The lowest BCUT2D eigenvalue weighted by atomic mass is 10.1.